The fourth-order valence-corrected chi connectivity index (χ4v) is 3.51. The van der Waals surface area contributed by atoms with E-state index in [1.54, 1.807) is 25.1 Å². The van der Waals surface area contributed by atoms with Crippen molar-refractivity contribution >= 4 is 10.0 Å². The Balaban J connectivity index is 3.46. The molecule has 0 aliphatic carbocycles. The molecule has 1 aromatic carbocycles. The topological polar surface area (TPSA) is 57.6 Å². The van der Waals surface area contributed by atoms with E-state index in [9.17, 15) is 13.5 Å². The molecule has 4 nitrogen and oxygen atoms in total. The molecule has 0 amide bonds. The maximum Gasteiger partial charge on any atom is 0.242 e. The summed E-state index contributed by atoms with van der Waals surface area (Å²) in [6.45, 7) is 5.66. The van der Waals surface area contributed by atoms with Crippen molar-refractivity contribution in [1.82, 2.24) is 4.31 Å². The standard InChI is InChI=1S/C14H23NO3S/c1-10(2)14(11(3)16)12-8-6-7-9-13(12)19(17,18)15(4)5/h6-11,14,16H,1-5H3. The molecule has 0 spiro atoms. The smallest absolute Gasteiger partial charge is 0.242 e. The minimum absolute atomic E-state index is 0.151. The van der Waals surface area contributed by atoms with Crippen LogP contribution in [0.1, 0.15) is 32.3 Å². The lowest BCUT2D eigenvalue weighted by molar-refractivity contribution is 0.139. The van der Waals surface area contributed by atoms with Crippen molar-refractivity contribution in [3.05, 3.63) is 29.8 Å². The van der Waals surface area contributed by atoms with Crippen LogP contribution in [0.4, 0.5) is 0 Å². The lowest BCUT2D eigenvalue weighted by atomic mass is 9.84. The Kier molecular flexibility index (Phi) is 5.12. The number of nitrogens with zero attached hydrogens (tertiary/aromatic N) is 1. The molecular formula is C14H23NO3S. The van der Waals surface area contributed by atoms with Gasteiger partial charge in [-0.1, -0.05) is 32.0 Å². The monoisotopic (exact) mass is 285 g/mol. The molecule has 1 rings (SSSR count). The highest BCUT2D eigenvalue weighted by atomic mass is 32.2. The molecular weight excluding hydrogens is 262 g/mol. The first kappa shape index (κ1) is 16.1. The number of hydrogen-bond donors (Lipinski definition) is 1. The van der Waals surface area contributed by atoms with Gasteiger partial charge in [-0.15, -0.1) is 0 Å². The summed E-state index contributed by atoms with van der Waals surface area (Å²) in [6.07, 6.45) is -0.599. The van der Waals surface area contributed by atoms with Crippen molar-refractivity contribution in [2.45, 2.75) is 37.7 Å². The number of benzene rings is 1. The van der Waals surface area contributed by atoms with Crippen LogP contribution in [0.2, 0.25) is 0 Å². The van der Waals surface area contributed by atoms with E-state index >= 15 is 0 Å². The average molecular weight is 285 g/mol. The molecule has 2 unspecified atom stereocenters. The Hall–Kier alpha value is -0.910. The number of hydrogen-bond acceptors (Lipinski definition) is 3. The van der Waals surface area contributed by atoms with Crippen LogP contribution < -0.4 is 0 Å². The molecule has 0 fully saturated rings. The third-order valence-electron chi connectivity index (χ3n) is 3.27. The lowest BCUT2D eigenvalue weighted by Gasteiger charge is -2.27. The summed E-state index contributed by atoms with van der Waals surface area (Å²) in [7, 11) is -0.472. The van der Waals surface area contributed by atoms with Crippen molar-refractivity contribution in [2.24, 2.45) is 5.92 Å². The second-order valence-electron chi connectivity index (χ2n) is 5.34. The second-order valence-corrected chi connectivity index (χ2v) is 7.46. The summed E-state index contributed by atoms with van der Waals surface area (Å²) in [5.41, 5.74) is 0.682. The van der Waals surface area contributed by atoms with E-state index in [4.69, 9.17) is 0 Å². The van der Waals surface area contributed by atoms with E-state index in [2.05, 4.69) is 0 Å². The minimum atomic E-state index is -3.50. The molecule has 0 saturated heterocycles. The first-order chi connectivity index (χ1) is 8.69. The normalized spacial score (nSPS) is 15.8. The highest BCUT2D eigenvalue weighted by Crippen LogP contribution is 2.33. The summed E-state index contributed by atoms with van der Waals surface area (Å²) in [5.74, 6) is -0.0514. The fraction of sp³-hybridized carbons (Fsp3) is 0.571. The van der Waals surface area contributed by atoms with Gasteiger partial charge in [0, 0.05) is 20.0 Å². The summed E-state index contributed by atoms with van der Waals surface area (Å²) in [5, 5.41) is 9.96. The van der Waals surface area contributed by atoms with E-state index in [1.807, 2.05) is 19.9 Å². The maximum atomic E-state index is 12.3. The third kappa shape index (κ3) is 3.35. The summed E-state index contributed by atoms with van der Waals surface area (Å²) >= 11 is 0. The lowest BCUT2D eigenvalue weighted by Crippen LogP contribution is -2.27. The van der Waals surface area contributed by atoms with Gasteiger partial charge in [0.1, 0.15) is 0 Å². The Morgan fingerprint density at radius 1 is 1.11 bits per heavy atom. The molecule has 0 aromatic heterocycles. The zero-order valence-corrected chi connectivity index (χ0v) is 13.0. The Morgan fingerprint density at radius 3 is 2.05 bits per heavy atom. The highest BCUT2D eigenvalue weighted by molar-refractivity contribution is 7.89. The molecule has 0 aliphatic heterocycles. The van der Waals surface area contributed by atoms with Crippen LogP contribution in [0.25, 0.3) is 0 Å². The van der Waals surface area contributed by atoms with E-state index in [0.29, 0.717) is 5.56 Å². The molecule has 1 aromatic rings. The highest BCUT2D eigenvalue weighted by Gasteiger charge is 2.29. The predicted molar refractivity (Wildman–Crippen MR) is 76.6 cm³/mol. The van der Waals surface area contributed by atoms with Gasteiger partial charge < -0.3 is 5.11 Å². The number of rotatable bonds is 5. The number of aliphatic hydroxyl groups excluding tert-OH is 1. The molecule has 0 saturated carbocycles. The van der Waals surface area contributed by atoms with Crippen LogP contribution in [0.15, 0.2) is 29.2 Å². The molecule has 0 radical (unpaired) electrons. The van der Waals surface area contributed by atoms with Crippen molar-refractivity contribution in [3.63, 3.8) is 0 Å². The Labute approximate surface area is 116 Å². The Morgan fingerprint density at radius 2 is 1.63 bits per heavy atom. The molecule has 19 heavy (non-hydrogen) atoms. The molecule has 108 valence electrons. The van der Waals surface area contributed by atoms with Gasteiger partial charge in [-0.25, -0.2) is 12.7 Å². The predicted octanol–water partition coefficient (Wildman–Crippen LogP) is 2.06. The fourth-order valence-electron chi connectivity index (χ4n) is 2.36. The van der Waals surface area contributed by atoms with Gasteiger partial charge in [0.05, 0.1) is 11.0 Å². The van der Waals surface area contributed by atoms with Gasteiger partial charge in [0.2, 0.25) is 10.0 Å². The van der Waals surface area contributed by atoms with Crippen molar-refractivity contribution < 1.29 is 13.5 Å². The minimum Gasteiger partial charge on any atom is -0.393 e. The van der Waals surface area contributed by atoms with Crippen LogP contribution >= 0.6 is 0 Å². The molecule has 1 N–H and O–H groups in total. The number of sulfonamides is 1. The second kappa shape index (κ2) is 6.03. The van der Waals surface area contributed by atoms with Crippen LogP contribution in [-0.2, 0) is 10.0 Å². The van der Waals surface area contributed by atoms with Crippen LogP contribution in [0.5, 0.6) is 0 Å². The van der Waals surface area contributed by atoms with E-state index < -0.39 is 16.1 Å². The largest absolute Gasteiger partial charge is 0.393 e. The van der Waals surface area contributed by atoms with Gasteiger partial charge in [-0.3, -0.25) is 0 Å². The zero-order valence-electron chi connectivity index (χ0n) is 12.2. The molecule has 0 bridgehead atoms. The SMILES string of the molecule is CC(C)C(c1ccccc1S(=O)(=O)N(C)C)C(C)O. The van der Waals surface area contributed by atoms with Gasteiger partial charge >= 0.3 is 0 Å². The summed E-state index contributed by atoms with van der Waals surface area (Å²) in [4.78, 5) is 0.277. The molecule has 0 heterocycles. The van der Waals surface area contributed by atoms with E-state index in [1.165, 1.54) is 18.4 Å². The van der Waals surface area contributed by atoms with Crippen LogP contribution in [0.3, 0.4) is 0 Å². The van der Waals surface area contributed by atoms with Crippen molar-refractivity contribution in [2.75, 3.05) is 14.1 Å². The average Bonchev–Trinajstić information content (AvgIpc) is 2.28. The first-order valence-electron chi connectivity index (χ1n) is 6.39. The zero-order chi connectivity index (χ0) is 14.8. The molecule has 5 heteroatoms. The summed E-state index contributed by atoms with van der Waals surface area (Å²) in [6, 6.07) is 6.90. The van der Waals surface area contributed by atoms with E-state index in [-0.39, 0.29) is 16.7 Å². The molecule has 2 atom stereocenters. The molecule has 0 aliphatic rings. The quantitative estimate of drug-likeness (QED) is 0.901. The summed E-state index contributed by atoms with van der Waals surface area (Å²) < 4.78 is 25.9. The van der Waals surface area contributed by atoms with Crippen LogP contribution in [0, 0.1) is 5.92 Å². The third-order valence-corrected chi connectivity index (χ3v) is 5.16. The van der Waals surface area contributed by atoms with Crippen molar-refractivity contribution in [3.8, 4) is 0 Å². The van der Waals surface area contributed by atoms with Gasteiger partial charge in [-0.05, 0) is 24.5 Å². The van der Waals surface area contributed by atoms with Crippen LogP contribution in [-0.4, -0.2) is 38.0 Å². The first-order valence-corrected chi connectivity index (χ1v) is 7.83. The van der Waals surface area contributed by atoms with Crippen molar-refractivity contribution in [1.29, 1.82) is 0 Å². The Bertz CT molecular complexity index is 513. The van der Waals surface area contributed by atoms with Gasteiger partial charge in [0.15, 0.2) is 0 Å². The van der Waals surface area contributed by atoms with Gasteiger partial charge in [-0.2, -0.15) is 0 Å². The maximum absolute atomic E-state index is 12.3. The number of aliphatic hydroxyl groups is 1. The van der Waals surface area contributed by atoms with Gasteiger partial charge in [0.25, 0.3) is 0 Å². The van der Waals surface area contributed by atoms with E-state index in [0.717, 1.165) is 0 Å².